The van der Waals surface area contributed by atoms with Gasteiger partial charge in [-0.1, -0.05) is 0 Å². The summed E-state index contributed by atoms with van der Waals surface area (Å²) in [6.07, 6.45) is 12.2. The minimum atomic E-state index is 0.563. The van der Waals surface area contributed by atoms with Crippen LogP contribution in [0.3, 0.4) is 0 Å². The Bertz CT molecular complexity index is 694. The van der Waals surface area contributed by atoms with Gasteiger partial charge in [0.1, 0.15) is 44.4 Å². The molecule has 0 spiro atoms. The molecule has 0 radical (unpaired) electrons. The summed E-state index contributed by atoms with van der Waals surface area (Å²) >= 11 is 0. The van der Waals surface area contributed by atoms with E-state index in [-0.39, 0.29) is 0 Å². The number of imidazole rings is 2. The van der Waals surface area contributed by atoms with Crippen molar-refractivity contribution in [3.05, 3.63) is 37.4 Å². The van der Waals surface area contributed by atoms with Gasteiger partial charge >= 0.3 is 0 Å². The quantitative estimate of drug-likeness (QED) is 0.192. The number of hydrogen-bond donors (Lipinski definition) is 0. The van der Waals surface area contributed by atoms with Gasteiger partial charge in [-0.05, 0) is 0 Å². The molecule has 0 bridgehead atoms. The molecule has 10 nitrogen and oxygen atoms in total. The summed E-state index contributed by atoms with van der Waals surface area (Å²) in [5, 5.41) is 0. The molecule has 0 unspecified atom stereocenters. The fraction of sp³-hybridized carbons (Fsp3) is 0.727. The highest BCUT2D eigenvalue weighted by Gasteiger charge is 2.04. The van der Waals surface area contributed by atoms with Crippen LogP contribution in [0.25, 0.3) is 0 Å². The first kappa shape index (κ1) is 26.4. The van der Waals surface area contributed by atoms with Crippen LogP contribution >= 0.6 is 0 Å². The number of nitrogens with zero attached hydrogens (tertiary/aromatic N) is 4. The molecule has 0 atom stereocenters. The fourth-order valence-electron chi connectivity index (χ4n) is 2.85. The van der Waals surface area contributed by atoms with Crippen LogP contribution in [0.5, 0.6) is 0 Å². The molecule has 2 rings (SSSR count). The smallest absolute Gasteiger partial charge is 0.243 e. The number of aryl methyl sites for hydroxylation is 1. The molecule has 2 aromatic rings. The van der Waals surface area contributed by atoms with E-state index in [9.17, 15) is 0 Å². The van der Waals surface area contributed by atoms with Gasteiger partial charge in [-0.15, -0.1) is 0 Å². The third-order valence-electron chi connectivity index (χ3n) is 4.60. The van der Waals surface area contributed by atoms with Crippen LogP contribution in [-0.2, 0) is 55.1 Å². The number of aromatic nitrogens is 4. The van der Waals surface area contributed by atoms with Crippen molar-refractivity contribution >= 4 is 0 Å². The molecule has 182 valence electrons. The summed E-state index contributed by atoms with van der Waals surface area (Å²) in [6, 6.07) is 0. The third kappa shape index (κ3) is 12.9. The van der Waals surface area contributed by atoms with E-state index in [1.807, 2.05) is 42.7 Å². The van der Waals surface area contributed by atoms with Crippen LogP contribution in [0, 0.1) is 0 Å². The SMILES string of the molecule is COCCOCC[n+]1ccn(CCOCCOCCOCCOCCn2cc[n+](C)c2)c1. The monoisotopic (exact) mass is 456 g/mol. The Kier molecular flexibility index (Phi) is 14.6. The lowest BCUT2D eigenvalue weighted by Gasteiger charge is -2.07. The second-order valence-electron chi connectivity index (χ2n) is 7.26. The van der Waals surface area contributed by atoms with Crippen LogP contribution in [0.4, 0.5) is 0 Å². The summed E-state index contributed by atoms with van der Waals surface area (Å²) in [6.45, 7) is 9.19. The van der Waals surface area contributed by atoms with Gasteiger partial charge < -0.3 is 28.4 Å². The van der Waals surface area contributed by atoms with E-state index in [2.05, 4.69) is 20.0 Å². The average molecular weight is 457 g/mol. The predicted molar refractivity (Wildman–Crippen MR) is 116 cm³/mol. The molecule has 0 amide bonds. The van der Waals surface area contributed by atoms with E-state index in [4.69, 9.17) is 28.4 Å². The Labute approximate surface area is 191 Å². The Hall–Kier alpha value is -1.82. The molecule has 0 saturated carbocycles. The minimum Gasteiger partial charge on any atom is -0.382 e. The Morgan fingerprint density at radius 3 is 1.66 bits per heavy atom. The summed E-state index contributed by atoms with van der Waals surface area (Å²) in [7, 11) is 3.68. The lowest BCUT2D eigenvalue weighted by molar-refractivity contribution is -0.698. The van der Waals surface area contributed by atoms with E-state index < -0.39 is 0 Å². The maximum atomic E-state index is 5.62. The number of hydrogen-bond acceptors (Lipinski definition) is 6. The Balaban J connectivity index is 1.30. The molecular formula is C22H40N4O6+2. The predicted octanol–water partition coefficient (Wildman–Crippen LogP) is -0.169. The summed E-state index contributed by atoms with van der Waals surface area (Å²) in [5.74, 6) is 0. The van der Waals surface area contributed by atoms with Crippen LogP contribution in [-0.4, -0.2) is 88.9 Å². The highest BCUT2D eigenvalue weighted by atomic mass is 16.6. The first-order valence-electron chi connectivity index (χ1n) is 11.2. The van der Waals surface area contributed by atoms with Gasteiger partial charge in [0.2, 0.25) is 12.7 Å². The minimum absolute atomic E-state index is 0.563. The summed E-state index contributed by atoms with van der Waals surface area (Å²) < 4.78 is 40.9. The molecule has 32 heavy (non-hydrogen) atoms. The normalized spacial score (nSPS) is 11.4. The second-order valence-corrected chi connectivity index (χ2v) is 7.26. The molecule has 10 heteroatoms. The largest absolute Gasteiger partial charge is 0.382 e. The van der Waals surface area contributed by atoms with Gasteiger partial charge in [0.25, 0.3) is 0 Å². The van der Waals surface area contributed by atoms with Crippen LogP contribution in [0.2, 0.25) is 0 Å². The molecule has 0 aliphatic heterocycles. The summed E-state index contributed by atoms with van der Waals surface area (Å²) in [4.78, 5) is 0. The van der Waals surface area contributed by atoms with Gasteiger partial charge in [-0.3, -0.25) is 0 Å². The van der Waals surface area contributed by atoms with Crippen molar-refractivity contribution in [3.63, 3.8) is 0 Å². The van der Waals surface area contributed by atoms with Crippen molar-refractivity contribution in [1.29, 1.82) is 0 Å². The molecule has 0 saturated heterocycles. The first-order chi connectivity index (χ1) is 15.8. The zero-order chi connectivity index (χ0) is 22.7. The first-order valence-corrected chi connectivity index (χ1v) is 11.2. The van der Waals surface area contributed by atoms with Crippen molar-refractivity contribution < 1.29 is 37.6 Å². The van der Waals surface area contributed by atoms with E-state index in [1.54, 1.807) is 7.11 Å². The lowest BCUT2D eigenvalue weighted by Crippen LogP contribution is -2.34. The van der Waals surface area contributed by atoms with E-state index >= 15 is 0 Å². The van der Waals surface area contributed by atoms with Crippen molar-refractivity contribution in [1.82, 2.24) is 9.13 Å². The van der Waals surface area contributed by atoms with E-state index in [0.717, 1.165) is 19.6 Å². The molecule has 0 fully saturated rings. The average Bonchev–Trinajstić information content (AvgIpc) is 3.42. The maximum absolute atomic E-state index is 5.62. The molecule has 0 N–H and O–H groups in total. The lowest BCUT2D eigenvalue weighted by atomic mass is 10.6. The number of methoxy groups -OCH3 is 1. The zero-order valence-corrected chi connectivity index (χ0v) is 19.6. The molecule has 2 heterocycles. The standard InChI is InChI=1S/C22H40N4O6/c1-23-3-4-24(21-23)7-10-29-15-17-31-19-20-32-18-16-30-12-9-26-6-5-25(22-26)8-11-28-14-13-27-2/h3-6,21-22H,7-20H2,1-2H3/q+2. The molecular weight excluding hydrogens is 416 g/mol. The molecule has 0 aliphatic rings. The van der Waals surface area contributed by atoms with Gasteiger partial charge in [0.05, 0.1) is 79.7 Å². The molecule has 2 aromatic heterocycles. The topological polar surface area (TPSA) is 73.0 Å². The van der Waals surface area contributed by atoms with Crippen LogP contribution < -0.4 is 9.13 Å². The molecule has 0 aromatic carbocycles. The Morgan fingerprint density at radius 1 is 0.594 bits per heavy atom. The second kappa shape index (κ2) is 17.7. The third-order valence-corrected chi connectivity index (χ3v) is 4.60. The van der Waals surface area contributed by atoms with Gasteiger partial charge in [-0.2, -0.15) is 0 Å². The van der Waals surface area contributed by atoms with Gasteiger partial charge in [-0.25, -0.2) is 18.3 Å². The van der Waals surface area contributed by atoms with E-state index in [1.165, 1.54) is 0 Å². The summed E-state index contributed by atoms with van der Waals surface area (Å²) in [5.41, 5.74) is 0. The van der Waals surface area contributed by atoms with E-state index in [0.29, 0.717) is 72.7 Å². The highest BCUT2D eigenvalue weighted by molar-refractivity contribution is 4.66. The highest BCUT2D eigenvalue weighted by Crippen LogP contribution is 1.89. The van der Waals surface area contributed by atoms with Crippen molar-refractivity contribution in [2.45, 2.75) is 19.6 Å². The van der Waals surface area contributed by atoms with Gasteiger partial charge in [0.15, 0.2) is 0 Å². The number of rotatable bonds is 21. The zero-order valence-electron chi connectivity index (χ0n) is 19.6. The maximum Gasteiger partial charge on any atom is 0.243 e. The fourth-order valence-corrected chi connectivity index (χ4v) is 2.85. The Morgan fingerprint density at radius 2 is 1.09 bits per heavy atom. The van der Waals surface area contributed by atoms with Crippen molar-refractivity contribution in [3.8, 4) is 0 Å². The molecule has 0 aliphatic carbocycles. The van der Waals surface area contributed by atoms with Crippen LogP contribution in [0.1, 0.15) is 0 Å². The van der Waals surface area contributed by atoms with Crippen molar-refractivity contribution in [2.24, 2.45) is 7.05 Å². The van der Waals surface area contributed by atoms with Crippen molar-refractivity contribution in [2.75, 3.05) is 79.8 Å². The van der Waals surface area contributed by atoms with Gasteiger partial charge in [0, 0.05) is 7.11 Å². The number of ether oxygens (including phenoxy) is 6. The van der Waals surface area contributed by atoms with Crippen LogP contribution in [0.15, 0.2) is 37.4 Å².